The van der Waals surface area contributed by atoms with E-state index in [1.165, 1.54) is 0 Å². The first-order valence-electron chi connectivity index (χ1n) is 10.3. The number of rotatable bonds is 6. The monoisotopic (exact) mass is 417 g/mol. The first-order valence-corrected chi connectivity index (χ1v) is 10.3. The highest BCUT2D eigenvalue weighted by Crippen LogP contribution is 2.42. The van der Waals surface area contributed by atoms with Crippen LogP contribution in [0.25, 0.3) is 10.9 Å². The topological polar surface area (TPSA) is 118 Å². The summed E-state index contributed by atoms with van der Waals surface area (Å²) in [6.45, 7) is -0.0129. The first-order chi connectivity index (χ1) is 15.0. The van der Waals surface area contributed by atoms with Crippen LogP contribution in [0.15, 0.2) is 42.5 Å². The van der Waals surface area contributed by atoms with Crippen LogP contribution in [0.1, 0.15) is 47.6 Å². The third-order valence-electron chi connectivity index (χ3n) is 5.87. The van der Waals surface area contributed by atoms with Crippen molar-refractivity contribution in [3.05, 3.63) is 64.8 Å². The Kier molecular flexibility index (Phi) is 5.63. The summed E-state index contributed by atoms with van der Waals surface area (Å²) in [4.78, 5) is 23.5. The number of aliphatic carboxylic acids is 1. The Hall–Kier alpha value is -3.79. The van der Waals surface area contributed by atoms with Crippen molar-refractivity contribution in [1.82, 2.24) is 4.57 Å². The van der Waals surface area contributed by atoms with Crippen LogP contribution < -0.4 is 10.5 Å². The summed E-state index contributed by atoms with van der Waals surface area (Å²) in [7, 11) is 0. The van der Waals surface area contributed by atoms with E-state index < -0.39 is 24.4 Å². The van der Waals surface area contributed by atoms with Crippen molar-refractivity contribution in [2.45, 2.75) is 38.1 Å². The number of carbonyl (C=O) groups excluding carboxylic acids is 1. The molecule has 1 aliphatic carbocycles. The molecule has 3 aromatic rings. The van der Waals surface area contributed by atoms with Gasteiger partial charge in [0.05, 0.1) is 23.1 Å². The summed E-state index contributed by atoms with van der Waals surface area (Å²) >= 11 is 0. The van der Waals surface area contributed by atoms with E-state index in [1.54, 1.807) is 12.1 Å². The molecule has 158 valence electrons. The van der Waals surface area contributed by atoms with E-state index >= 15 is 0 Å². The zero-order valence-corrected chi connectivity index (χ0v) is 17.0. The number of nitriles is 1. The lowest BCUT2D eigenvalue weighted by molar-refractivity contribution is -0.139. The molecule has 1 aliphatic rings. The van der Waals surface area contributed by atoms with Gasteiger partial charge in [0.15, 0.2) is 6.61 Å². The summed E-state index contributed by atoms with van der Waals surface area (Å²) < 4.78 is 7.73. The van der Waals surface area contributed by atoms with Gasteiger partial charge in [0.1, 0.15) is 5.75 Å². The molecule has 3 N–H and O–H groups in total. The second kappa shape index (κ2) is 8.52. The van der Waals surface area contributed by atoms with E-state index in [0.717, 1.165) is 47.0 Å². The van der Waals surface area contributed by atoms with Crippen molar-refractivity contribution in [2.75, 3.05) is 6.61 Å². The van der Waals surface area contributed by atoms with Crippen LogP contribution in [0, 0.1) is 11.3 Å². The number of aromatic nitrogens is 1. The van der Waals surface area contributed by atoms with Gasteiger partial charge < -0.3 is 20.1 Å². The molecule has 1 amide bonds. The second-order valence-corrected chi connectivity index (χ2v) is 7.75. The average Bonchev–Trinajstić information content (AvgIpc) is 2.91. The Morgan fingerprint density at radius 2 is 2.00 bits per heavy atom. The molecule has 0 radical (unpaired) electrons. The fourth-order valence-corrected chi connectivity index (χ4v) is 4.54. The second-order valence-electron chi connectivity index (χ2n) is 7.75. The van der Waals surface area contributed by atoms with Gasteiger partial charge in [-0.05, 0) is 48.6 Å². The number of benzene rings is 2. The van der Waals surface area contributed by atoms with E-state index in [2.05, 4.69) is 10.6 Å². The van der Waals surface area contributed by atoms with E-state index in [1.807, 2.05) is 30.3 Å². The van der Waals surface area contributed by atoms with Gasteiger partial charge in [-0.15, -0.1) is 0 Å². The van der Waals surface area contributed by atoms with Gasteiger partial charge >= 0.3 is 5.97 Å². The SMILES string of the molecule is N#Cc1ccccc1Cn1c2c(c3c(OCC(=O)O)cccc31)C(C(N)=O)CCCC2. The molecule has 7 heteroatoms. The number of ether oxygens (including phenoxy) is 1. The molecule has 0 fully saturated rings. The Balaban J connectivity index is 1.97. The Bertz CT molecular complexity index is 1210. The van der Waals surface area contributed by atoms with Crippen molar-refractivity contribution >= 4 is 22.8 Å². The van der Waals surface area contributed by atoms with Gasteiger partial charge in [-0.1, -0.05) is 30.7 Å². The number of carboxylic acid groups (broad SMARTS) is 1. The maximum atomic E-state index is 12.4. The number of carboxylic acids is 1. The van der Waals surface area contributed by atoms with Crippen LogP contribution in [-0.4, -0.2) is 28.2 Å². The van der Waals surface area contributed by atoms with Crippen molar-refractivity contribution in [3.8, 4) is 11.8 Å². The van der Waals surface area contributed by atoms with Crippen molar-refractivity contribution < 1.29 is 19.4 Å². The molecule has 0 saturated carbocycles. The number of carbonyl (C=O) groups is 2. The molecule has 1 atom stereocenters. The zero-order chi connectivity index (χ0) is 22.0. The molecule has 31 heavy (non-hydrogen) atoms. The standard InChI is InChI=1S/C24H23N3O4/c25-12-15-6-1-2-7-16(15)13-27-18-9-4-3-8-17(24(26)30)22(18)23-19(27)10-5-11-20(23)31-14-21(28)29/h1-2,5-7,10-11,17H,3-4,8-9,13-14H2,(H2,26,30)(H,28,29). The third-order valence-corrected chi connectivity index (χ3v) is 5.87. The van der Waals surface area contributed by atoms with Gasteiger partial charge in [0, 0.05) is 17.6 Å². The highest BCUT2D eigenvalue weighted by atomic mass is 16.5. The number of amides is 1. The molecule has 0 aliphatic heterocycles. The molecule has 0 bridgehead atoms. The highest BCUT2D eigenvalue weighted by molar-refractivity contribution is 5.97. The molecule has 4 rings (SSSR count). The maximum absolute atomic E-state index is 12.4. The summed E-state index contributed by atoms with van der Waals surface area (Å²) in [6, 6.07) is 15.1. The molecule has 0 spiro atoms. The normalized spacial score (nSPS) is 15.6. The fourth-order valence-electron chi connectivity index (χ4n) is 4.54. The number of primary amides is 1. The van der Waals surface area contributed by atoms with Gasteiger partial charge in [-0.2, -0.15) is 5.26 Å². The molecule has 0 saturated heterocycles. The van der Waals surface area contributed by atoms with Crippen LogP contribution in [0.2, 0.25) is 0 Å². The number of fused-ring (bicyclic) bond motifs is 3. The van der Waals surface area contributed by atoms with Crippen molar-refractivity contribution in [2.24, 2.45) is 5.73 Å². The lowest BCUT2D eigenvalue weighted by Crippen LogP contribution is -2.21. The lowest BCUT2D eigenvalue weighted by atomic mass is 9.92. The smallest absolute Gasteiger partial charge is 0.341 e. The minimum absolute atomic E-state index is 0.396. The maximum Gasteiger partial charge on any atom is 0.341 e. The van der Waals surface area contributed by atoms with Crippen LogP contribution in [0.5, 0.6) is 5.75 Å². The van der Waals surface area contributed by atoms with Crippen molar-refractivity contribution in [1.29, 1.82) is 5.26 Å². The van der Waals surface area contributed by atoms with Crippen LogP contribution in [0.4, 0.5) is 0 Å². The molecule has 1 aromatic heterocycles. The molecular weight excluding hydrogens is 394 g/mol. The zero-order valence-electron chi connectivity index (χ0n) is 17.0. The van der Waals surface area contributed by atoms with Crippen molar-refractivity contribution in [3.63, 3.8) is 0 Å². The molecular formula is C24H23N3O4. The van der Waals surface area contributed by atoms with E-state index in [-0.39, 0.29) is 0 Å². The Morgan fingerprint density at radius 3 is 2.74 bits per heavy atom. The predicted octanol–water partition coefficient (Wildman–Crippen LogP) is 3.32. The number of hydrogen-bond acceptors (Lipinski definition) is 4. The quantitative estimate of drug-likeness (QED) is 0.597. The first kappa shape index (κ1) is 20.5. The number of nitrogens with two attached hydrogens (primary N) is 1. The van der Waals surface area contributed by atoms with Crippen LogP contribution >= 0.6 is 0 Å². The molecule has 2 aromatic carbocycles. The summed E-state index contributed by atoms with van der Waals surface area (Å²) in [6.07, 6.45) is 3.19. The minimum atomic E-state index is -1.07. The largest absolute Gasteiger partial charge is 0.481 e. The van der Waals surface area contributed by atoms with Gasteiger partial charge in [0.2, 0.25) is 5.91 Å². The van der Waals surface area contributed by atoms with Crippen LogP contribution in [-0.2, 0) is 22.6 Å². The number of hydrogen-bond donors (Lipinski definition) is 2. The predicted molar refractivity (Wildman–Crippen MR) is 115 cm³/mol. The Morgan fingerprint density at radius 1 is 1.19 bits per heavy atom. The van der Waals surface area contributed by atoms with Gasteiger partial charge in [-0.3, -0.25) is 4.79 Å². The molecule has 1 heterocycles. The van der Waals surface area contributed by atoms with E-state index in [9.17, 15) is 14.9 Å². The summed E-state index contributed by atoms with van der Waals surface area (Å²) in [5.74, 6) is -1.51. The summed E-state index contributed by atoms with van der Waals surface area (Å²) in [5.41, 5.74) is 9.93. The molecule has 7 nitrogen and oxygen atoms in total. The van der Waals surface area contributed by atoms with Gasteiger partial charge in [-0.25, -0.2) is 4.79 Å². The highest BCUT2D eigenvalue weighted by Gasteiger charge is 2.31. The Labute approximate surface area is 179 Å². The lowest BCUT2D eigenvalue weighted by Gasteiger charge is -2.14. The minimum Gasteiger partial charge on any atom is -0.481 e. The summed E-state index contributed by atoms with van der Waals surface area (Å²) in [5, 5.41) is 19.4. The number of nitrogens with zero attached hydrogens (tertiary/aromatic N) is 2. The fraction of sp³-hybridized carbons (Fsp3) is 0.292. The van der Waals surface area contributed by atoms with E-state index in [0.29, 0.717) is 24.3 Å². The van der Waals surface area contributed by atoms with E-state index in [4.69, 9.17) is 15.6 Å². The van der Waals surface area contributed by atoms with Crippen LogP contribution in [0.3, 0.4) is 0 Å². The average molecular weight is 417 g/mol. The third kappa shape index (κ3) is 3.84. The molecule has 1 unspecified atom stereocenters. The van der Waals surface area contributed by atoms with Gasteiger partial charge in [0.25, 0.3) is 0 Å².